The Kier molecular flexibility index (Phi) is 6.30. The second kappa shape index (κ2) is 8.96. The van der Waals surface area contributed by atoms with Crippen molar-refractivity contribution >= 4 is 5.97 Å². The second-order valence-electron chi connectivity index (χ2n) is 13.6. The first-order valence-corrected chi connectivity index (χ1v) is 14.7. The summed E-state index contributed by atoms with van der Waals surface area (Å²) in [5, 5.41) is 11.7. The zero-order valence-corrected chi connectivity index (χ0v) is 22.3. The number of nitrogens with zero attached hydrogens (tertiary/aromatic N) is 2. The van der Waals surface area contributed by atoms with E-state index in [0.29, 0.717) is 23.3 Å². The second-order valence-corrected chi connectivity index (χ2v) is 13.6. The molecule has 35 heavy (non-hydrogen) atoms. The molecule has 4 aliphatic carbocycles. The number of aliphatic hydroxyl groups is 1. The van der Waals surface area contributed by atoms with E-state index in [1.807, 2.05) is 0 Å². The molecule has 6 heteroatoms. The summed E-state index contributed by atoms with van der Waals surface area (Å²) in [6.07, 6.45) is 11.7. The number of likely N-dealkylation sites (tertiary alicyclic amines) is 1. The van der Waals surface area contributed by atoms with Gasteiger partial charge in [0, 0.05) is 31.5 Å². The fourth-order valence-electron chi connectivity index (χ4n) is 10.3. The number of hydrogen-bond acceptors (Lipinski definition) is 6. The molecule has 2 saturated heterocycles. The SMILES string of the molecule is CC(=O)OC1C(N2CCCC2)C[C@H]2[C@@H]3CCC4CC(O)(N5CCOCC5)CC[C@]4(C)[C@@H]3CC[C@]12C. The number of hydrogen-bond donors (Lipinski definition) is 1. The van der Waals surface area contributed by atoms with Crippen LogP contribution in [-0.2, 0) is 14.3 Å². The quantitative estimate of drug-likeness (QED) is 0.605. The van der Waals surface area contributed by atoms with Crippen LogP contribution >= 0.6 is 0 Å². The molecule has 2 aliphatic heterocycles. The summed E-state index contributed by atoms with van der Waals surface area (Å²) in [6.45, 7) is 12.2. The van der Waals surface area contributed by atoms with Crippen molar-refractivity contribution in [1.29, 1.82) is 0 Å². The van der Waals surface area contributed by atoms with Crippen molar-refractivity contribution in [3.05, 3.63) is 0 Å². The third-order valence-corrected chi connectivity index (χ3v) is 12.1. The summed E-state index contributed by atoms with van der Waals surface area (Å²) in [7, 11) is 0. The third-order valence-electron chi connectivity index (χ3n) is 12.1. The third kappa shape index (κ3) is 3.92. The number of esters is 1. The normalized spacial score (nSPS) is 50.9. The molecule has 0 bridgehead atoms. The molecule has 4 unspecified atom stereocenters. The van der Waals surface area contributed by atoms with E-state index in [4.69, 9.17) is 9.47 Å². The minimum Gasteiger partial charge on any atom is -0.460 e. The van der Waals surface area contributed by atoms with E-state index in [9.17, 15) is 9.90 Å². The van der Waals surface area contributed by atoms with Crippen molar-refractivity contribution in [2.45, 2.75) is 103 Å². The van der Waals surface area contributed by atoms with Crippen LogP contribution in [0, 0.1) is 34.5 Å². The van der Waals surface area contributed by atoms with E-state index in [1.54, 1.807) is 6.92 Å². The van der Waals surface area contributed by atoms with Gasteiger partial charge in [0.2, 0.25) is 0 Å². The topological polar surface area (TPSA) is 62.2 Å². The van der Waals surface area contributed by atoms with Crippen molar-refractivity contribution in [1.82, 2.24) is 9.80 Å². The van der Waals surface area contributed by atoms with Crippen molar-refractivity contribution < 1.29 is 19.4 Å². The van der Waals surface area contributed by atoms with Crippen LogP contribution in [0.4, 0.5) is 0 Å². The fourth-order valence-corrected chi connectivity index (χ4v) is 10.3. The average Bonchev–Trinajstić information content (AvgIpc) is 3.47. The maximum Gasteiger partial charge on any atom is 0.302 e. The van der Waals surface area contributed by atoms with Gasteiger partial charge in [0.25, 0.3) is 0 Å². The van der Waals surface area contributed by atoms with E-state index in [1.165, 1.54) is 58.0 Å². The molecule has 0 aromatic carbocycles. The summed E-state index contributed by atoms with van der Waals surface area (Å²) < 4.78 is 11.8. The van der Waals surface area contributed by atoms with Gasteiger partial charge in [-0.25, -0.2) is 0 Å². The minimum atomic E-state index is -0.640. The lowest BCUT2D eigenvalue weighted by molar-refractivity contribution is -0.213. The summed E-state index contributed by atoms with van der Waals surface area (Å²) >= 11 is 0. The van der Waals surface area contributed by atoms with Gasteiger partial charge in [0.1, 0.15) is 11.8 Å². The van der Waals surface area contributed by atoms with E-state index < -0.39 is 5.72 Å². The Morgan fingerprint density at radius 3 is 2.40 bits per heavy atom. The highest BCUT2D eigenvalue weighted by molar-refractivity contribution is 5.66. The van der Waals surface area contributed by atoms with Gasteiger partial charge in [-0.15, -0.1) is 0 Å². The molecule has 1 N–H and O–H groups in total. The van der Waals surface area contributed by atoms with Gasteiger partial charge in [-0.2, -0.15) is 0 Å². The minimum absolute atomic E-state index is 0.0485. The molecule has 6 aliphatic rings. The van der Waals surface area contributed by atoms with Crippen molar-refractivity contribution in [2.24, 2.45) is 34.5 Å². The van der Waals surface area contributed by atoms with Gasteiger partial charge in [0.15, 0.2) is 0 Å². The van der Waals surface area contributed by atoms with Gasteiger partial charge < -0.3 is 14.6 Å². The first-order chi connectivity index (χ1) is 16.7. The lowest BCUT2D eigenvalue weighted by atomic mass is 9.44. The van der Waals surface area contributed by atoms with Crippen molar-refractivity contribution in [3.63, 3.8) is 0 Å². The number of carbonyl (C=O) groups is 1. The summed E-state index contributed by atoms with van der Waals surface area (Å²) in [4.78, 5) is 17.2. The van der Waals surface area contributed by atoms with Crippen LogP contribution in [0.25, 0.3) is 0 Å². The van der Waals surface area contributed by atoms with Crippen molar-refractivity contribution in [2.75, 3.05) is 39.4 Å². The number of carbonyl (C=O) groups excluding carboxylic acids is 1. The Morgan fingerprint density at radius 2 is 1.69 bits per heavy atom. The van der Waals surface area contributed by atoms with Gasteiger partial charge in [0.05, 0.1) is 13.2 Å². The Bertz CT molecular complexity index is 811. The maximum absolute atomic E-state index is 12.2. The molecule has 2 heterocycles. The number of rotatable bonds is 3. The standard InChI is InChI=1S/C29H48N2O4/c1-20(32)35-26-25(30-12-4-5-13-30)18-24-22-7-6-21-19-29(33,31-14-16-34-17-15-31)11-10-27(21,2)23(22)8-9-28(24,26)3/h21-26,33H,4-19H2,1-3H3/t21?,22-,23-,24+,25?,26?,27+,28+,29?/m1/s1. The van der Waals surface area contributed by atoms with Crippen LogP contribution in [0.3, 0.4) is 0 Å². The van der Waals surface area contributed by atoms with Gasteiger partial charge >= 0.3 is 5.97 Å². The van der Waals surface area contributed by atoms with E-state index in [0.717, 1.165) is 57.4 Å². The van der Waals surface area contributed by atoms with Gasteiger partial charge in [-0.05, 0) is 106 Å². The molecule has 198 valence electrons. The number of fused-ring (bicyclic) bond motifs is 5. The highest BCUT2D eigenvalue weighted by Gasteiger charge is 2.65. The molecule has 4 saturated carbocycles. The van der Waals surface area contributed by atoms with Crippen LogP contribution in [-0.4, -0.2) is 78.1 Å². The molecule has 0 aromatic heterocycles. The lowest BCUT2D eigenvalue weighted by Gasteiger charge is -2.62. The molecule has 6 rings (SSSR count). The summed E-state index contributed by atoms with van der Waals surface area (Å²) in [5.74, 6) is 2.62. The van der Waals surface area contributed by atoms with Gasteiger partial charge in [-0.3, -0.25) is 14.6 Å². The highest BCUT2D eigenvalue weighted by atomic mass is 16.5. The monoisotopic (exact) mass is 488 g/mol. The van der Waals surface area contributed by atoms with Crippen LogP contribution in [0.5, 0.6) is 0 Å². The van der Waals surface area contributed by atoms with Crippen LogP contribution in [0.15, 0.2) is 0 Å². The van der Waals surface area contributed by atoms with E-state index in [-0.39, 0.29) is 17.5 Å². The zero-order chi connectivity index (χ0) is 24.4. The molecular formula is C29H48N2O4. The Morgan fingerprint density at radius 1 is 0.943 bits per heavy atom. The summed E-state index contributed by atoms with van der Waals surface area (Å²) in [6, 6.07) is 0.401. The van der Waals surface area contributed by atoms with Crippen LogP contribution < -0.4 is 0 Å². The smallest absolute Gasteiger partial charge is 0.302 e. The highest BCUT2D eigenvalue weighted by Crippen LogP contribution is 2.67. The molecule has 6 nitrogen and oxygen atoms in total. The van der Waals surface area contributed by atoms with E-state index >= 15 is 0 Å². The van der Waals surface area contributed by atoms with Crippen molar-refractivity contribution in [3.8, 4) is 0 Å². The molecule has 0 radical (unpaired) electrons. The largest absolute Gasteiger partial charge is 0.460 e. The molecular weight excluding hydrogens is 440 g/mol. The Labute approximate surface area is 212 Å². The summed E-state index contributed by atoms with van der Waals surface area (Å²) in [5.41, 5.74) is -0.212. The van der Waals surface area contributed by atoms with Crippen LogP contribution in [0.1, 0.15) is 85.0 Å². The maximum atomic E-state index is 12.2. The molecule has 0 aromatic rings. The average molecular weight is 489 g/mol. The van der Waals surface area contributed by atoms with Gasteiger partial charge in [-0.1, -0.05) is 13.8 Å². The number of ether oxygens (including phenoxy) is 2. The predicted molar refractivity (Wildman–Crippen MR) is 135 cm³/mol. The fraction of sp³-hybridized carbons (Fsp3) is 0.966. The predicted octanol–water partition coefficient (Wildman–Crippen LogP) is 4.06. The molecule has 9 atom stereocenters. The number of morpholine rings is 1. The molecule has 0 amide bonds. The Hall–Kier alpha value is -0.690. The first kappa shape index (κ1) is 24.6. The Balaban J connectivity index is 1.23. The molecule has 6 fully saturated rings. The molecule has 0 spiro atoms. The van der Waals surface area contributed by atoms with E-state index in [2.05, 4.69) is 23.6 Å². The van der Waals surface area contributed by atoms with Crippen LogP contribution in [0.2, 0.25) is 0 Å². The lowest BCUT2D eigenvalue weighted by Crippen LogP contribution is -2.61. The first-order valence-electron chi connectivity index (χ1n) is 14.7. The zero-order valence-electron chi connectivity index (χ0n) is 22.3.